The summed E-state index contributed by atoms with van der Waals surface area (Å²) in [4.78, 5) is 17.2. The highest BCUT2D eigenvalue weighted by Gasteiger charge is 2.27. The molecule has 7 heteroatoms. The molecule has 2 aromatic carbocycles. The first-order chi connectivity index (χ1) is 16.4. The van der Waals surface area contributed by atoms with Crippen molar-refractivity contribution in [1.82, 2.24) is 9.47 Å². The summed E-state index contributed by atoms with van der Waals surface area (Å²) in [7, 11) is 0. The van der Waals surface area contributed by atoms with Crippen molar-refractivity contribution in [3.05, 3.63) is 53.2 Å². The number of aromatic nitrogens is 1. The molecule has 5 rings (SSSR count). The molecule has 180 valence electrons. The number of nitrogens with zero attached hydrogens (tertiary/aromatic N) is 3. The second kappa shape index (κ2) is 9.51. The normalized spacial score (nSPS) is 17.7. The molecule has 0 atom stereocenters. The Labute approximate surface area is 205 Å². The first-order valence-corrected chi connectivity index (χ1v) is 12.6. The number of aromatic carboxylic acids is 1. The smallest absolute Gasteiger partial charge is 0.354 e. The lowest BCUT2D eigenvalue weighted by atomic mass is 10.1. The summed E-state index contributed by atoms with van der Waals surface area (Å²) in [5, 5.41) is 11.0. The molecule has 1 N–H and O–H groups in total. The number of ether oxygens (including phenoxy) is 1. The molecule has 0 spiro atoms. The molecule has 0 amide bonds. The van der Waals surface area contributed by atoms with Crippen LogP contribution in [0.2, 0.25) is 5.02 Å². The summed E-state index contributed by atoms with van der Waals surface area (Å²) in [6, 6.07) is 14.3. The summed E-state index contributed by atoms with van der Waals surface area (Å²) in [6.45, 7) is 8.04. The highest BCUT2D eigenvalue weighted by molar-refractivity contribution is 6.38. The van der Waals surface area contributed by atoms with Crippen molar-refractivity contribution in [2.75, 3.05) is 31.1 Å². The summed E-state index contributed by atoms with van der Waals surface area (Å²) in [6.07, 6.45) is 5.45. The van der Waals surface area contributed by atoms with E-state index in [9.17, 15) is 9.90 Å². The van der Waals surface area contributed by atoms with Crippen molar-refractivity contribution in [2.45, 2.75) is 51.7 Å². The van der Waals surface area contributed by atoms with Crippen LogP contribution in [-0.4, -0.2) is 58.9 Å². The Hall–Kier alpha value is -2.70. The van der Waals surface area contributed by atoms with Crippen LogP contribution in [0.1, 0.15) is 50.0 Å². The van der Waals surface area contributed by atoms with E-state index in [-0.39, 0.29) is 16.8 Å². The quantitative estimate of drug-likeness (QED) is 0.479. The molecule has 2 heterocycles. The number of anilines is 1. The summed E-state index contributed by atoms with van der Waals surface area (Å²) >= 11 is 6.67. The number of carboxylic acids is 1. The zero-order chi connectivity index (χ0) is 23.8. The fraction of sp³-hybridized carbons (Fsp3) is 0.444. The lowest BCUT2D eigenvalue weighted by molar-refractivity contribution is 0.0689. The number of benzene rings is 2. The molecular formula is C27H32ClN3O3. The number of hydrogen-bond donors (Lipinski definition) is 1. The predicted octanol–water partition coefficient (Wildman–Crippen LogP) is 5.83. The van der Waals surface area contributed by atoms with Gasteiger partial charge in [0.25, 0.3) is 0 Å². The van der Waals surface area contributed by atoms with E-state index in [1.807, 2.05) is 50.2 Å². The van der Waals surface area contributed by atoms with E-state index < -0.39 is 5.97 Å². The summed E-state index contributed by atoms with van der Waals surface area (Å²) in [5.41, 5.74) is 2.70. The molecule has 3 aromatic rings. The van der Waals surface area contributed by atoms with Crippen molar-refractivity contribution >= 4 is 34.2 Å². The van der Waals surface area contributed by atoms with E-state index in [1.54, 1.807) is 4.57 Å². The Morgan fingerprint density at radius 3 is 2.26 bits per heavy atom. The lowest BCUT2D eigenvalue weighted by Crippen LogP contribution is -2.49. The van der Waals surface area contributed by atoms with Gasteiger partial charge in [0.2, 0.25) is 0 Å². The van der Waals surface area contributed by atoms with Gasteiger partial charge in [0.05, 0.1) is 16.6 Å². The SMILES string of the molecule is CC(C)Oc1ccc(-n2c(C(=O)O)c(Cl)c3cc(N4CCN(C5CCCC5)CC4)ccc32)cc1. The van der Waals surface area contributed by atoms with Gasteiger partial charge in [-0.15, -0.1) is 0 Å². The summed E-state index contributed by atoms with van der Waals surface area (Å²) < 4.78 is 7.46. The second-order valence-corrected chi connectivity index (χ2v) is 10.0. The molecular weight excluding hydrogens is 450 g/mol. The fourth-order valence-electron chi connectivity index (χ4n) is 5.46. The van der Waals surface area contributed by atoms with Crippen molar-refractivity contribution in [3.63, 3.8) is 0 Å². The van der Waals surface area contributed by atoms with Crippen LogP contribution >= 0.6 is 11.6 Å². The van der Waals surface area contributed by atoms with Crippen molar-refractivity contribution in [3.8, 4) is 11.4 Å². The van der Waals surface area contributed by atoms with Crippen LogP contribution < -0.4 is 9.64 Å². The second-order valence-electron chi connectivity index (χ2n) is 9.63. The van der Waals surface area contributed by atoms with Crippen LogP contribution in [0.15, 0.2) is 42.5 Å². The Morgan fingerprint density at radius 1 is 1.00 bits per heavy atom. The molecule has 1 saturated heterocycles. The predicted molar refractivity (Wildman–Crippen MR) is 137 cm³/mol. The first-order valence-electron chi connectivity index (χ1n) is 12.3. The lowest BCUT2D eigenvalue weighted by Gasteiger charge is -2.39. The molecule has 2 fully saturated rings. The highest BCUT2D eigenvalue weighted by Crippen LogP contribution is 2.36. The average Bonchev–Trinajstić information content (AvgIpc) is 3.46. The van der Waals surface area contributed by atoms with E-state index in [0.717, 1.165) is 60.2 Å². The van der Waals surface area contributed by atoms with Gasteiger partial charge in [-0.25, -0.2) is 4.79 Å². The average molecular weight is 482 g/mol. The van der Waals surface area contributed by atoms with Crippen LogP contribution in [-0.2, 0) is 0 Å². The van der Waals surface area contributed by atoms with E-state index in [4.69, 9.17) is 16.3 Å². The van der Waals surface area contributed by atoms with Crippen molar-refractivity contribution in [2.24, 2.45) is 0 Å². The van der Waals surface area contributed by atoms with Gasteiger partial charge in [-0.2, -0.15) is 0 Å². The van der Waals surface area contributed by atoms with E-state index in [0.29, 0.717) is 0 Å². The zero-order valence-corrected chi connectivity index (χ0v) is 20.6. The minimum Gasteiger partial charge on any atom is -0.491 e. The maximum absolute atomic E-state index is 12.2. The highest BCUT2D eigenvalue weighted by atomic mass is 35.5. The number of hydrogen-bond acceptors (Lipinski definition) is 4. The number of carboxylic acid groups (broad SMARTS) is 1. The molecule has 1 aliphatic heterocycles. The molecule has 34 heavy (non-hydrogen) atoms. The number of carbonyl (C=O) groups is 1. The molecule has 1 aliphatic carbocycles. The van der Waals surface area contributed by atoms with Crippen LogP contribution in [0, 0.1) is 0 Å². The Balaban J connectivity index is 1.45. The first kappa shape index (κ1) is 23.1. The number of halogens is 1. The van der Waals surface area contributed by atoms with Gasteiger partial charge in [0, 0.05) is 49.0 Å². The van der Waals surface area contributed by atoms with Crippen LogP contribution in [0.25, 0.3) is 16.6 Å². The molecule has 1 aromatic heterocycles. The third-order valence-corrected chi connectivity index (χ3v) is 7.46. The monoisotopic (exact) mass is 481 g/mol. The fourth-order valence-corrected chi connectivity index (χ4v) is 5.77. The molecule has 0 bridgehead atoms. The molecule has 0 radical (unpaired) electrons. The zero-order valence-electron chi connectivity index (χ0n) is 19.8. The standard InChI is InChI=1S/C27H32ClN3O3/c1-18(2)34-22-10-7-20(8-11-22)31-24-12-9-21(17-23(24)25(28)26(31)27(32)33)30-15-13-29(14-16-30)19-5-3-4-6-19/h7-12,17-19H,3-6,13-16H2,1-2H3,(H,32,33). The van der Waals surface area contributed by atoms with E-state index in [2.05, 4.69) is 15.9 Å². The van der Waals surface area contributed by atoms with Gasteiger partial charge in [-0.1, -0.05) is 24.4 Å². The van der Waals surface area contributed by atoms with E-state index >= 15 is 0 Å². The summed E-state index contributed by atoms with van der Waals surface area (Å²) in [5.74, 6) is -0.298. The minimum atomic E-state index is -1.05. The topological polar surface area (TPSA) is 57.9 Å². The van der Waals surface area contributed by atoms with Gasteiger partial charge < -0.3 is 19.3 Å². The Kier molecular flexibility index (Phi) is 6.45. The van der Waals surface area contributed by atoms with Gasteiger partial charge in [0.1, 0.15) is 5.75 Å². The maximum atomic E-state index is 12.2. The van der Waals surface area contributed by atoms with Gasteiger partial charge >= 0.3 is 5.97 Å². The van der Waals surface area contributed by atoms with Crippen LogP contribution in [0.5, 0.6) is 5.75 Å². The van der Waals surface area contributed by atoms with E-state index in [1.165, 1.54) is 25.7 Å². The van der Waals surface area contributed by atoms with Crippen molar-refractivity contribution < 1.29 is 14.6 Å². The molecule has 6 nitrogen and oxygen atoms in total. The minimum absolute atomic E-state index is 0.0701. The van der Waals surface area contributed by atoms with Crippen molar-refractivity contribution in [1.29, 1.82) is 0 Å². The van der Waals surface area contributed by atoms with Gasteiger partial charge in [-0.05, 0) is 69.2 Å². The van der Waals surface area contributed by atoms with Crippen LogP contribution in [0.4, 0.5) is 5.69 Å². The number of piperazine rings is 1. The van der Waals surface area contributed by atoms with Gasteiger partial charge in [0.15, 0.2) is 5.69 Å². The van der Waals surface area contributed by atoms with Gasteiger partial charge in [-0.3, -0.25) is 4.90 Å². The third kappa shape index (κ3) is 4.37. The molecule has 0 unspecified atom stereocenters. The number of rotatable bonds is 6. The van der Waals surface area contributed by atoms with Crippen LogP contribution in [0.3, 0.4) is 0 Å². The molecule has 1 saturated carbocycles. The maximum Gasteiger partial charge on any atom is 0.354 e. The third-order valence-electron chi connectivity index (χ3n) is 7.08. The largest absolute Gasteiger partial charge is 0.491 e. The molecule has 2 aliphatic rings. The Bertz CT molecular complexity index is 1170. The number of fused-ring (bicyclic) bond motifs is 1. The Morgan fingerprint density at radius 2 is 1.65 bits per heavy atom.